The van der Waals surface area contributed by atoms with Crippen molar-refractivity contribution in [1.82, 2.24) is 0 Å². The number of nitrogen functional groups attached to an aromatic ring is 1. The first-order valence-corrected chi connectivity index (χ1v) is 8.55. The van der Waals surface area contributed by atoms with Gasteiger partial charge in [-0.25, -0.2) is 0 Å². The molecule has 1 aromatic rings. The highest BCUT2D eigenvalue weighted by molar-refractivity contribution is 9.10. The fourth-order valence-electron chi connectivity index (χ4n) is 3.32. The highest BCUT2D eigenvalue weighted by Crippen LogP contribution is 2.49. The lowest BCUT2D eigenvalue weighted by Gasteiger charge is -2.23. The van der Waals surface area contributed by atoms with Crippen LogP contribution in [0.1, 0.15) is 45.6 Å². The van der Waals surface area contributed by atoms with Crippen LogP contribution in [0.15, 0.2) is 21.6 Å². The molecule has 120 valence electrons. The Morgan fingerprint density at radius 3 is 2.73 bits per heavy atom. The van der Waals surface area contributed by atoms with Gasteiger partial charge in [0.2, 0.25) is 0 Å². The van der Waals surface area contributed by atoms with Crippen LogP contribution in [0, 0.1) is 0 Å². The van der Waals surface area contributed by atoms with Crippen LogP contribution in [0.3, 0.4) is 0 Å². The van der Waals surface area contributed by atoms with Crippen LogP contribution >= 0.6 is 15.9 Å². The van der Waals surface area contributed by atoms with Gasteiger partial charge in [-0.3, -0.25) is 4.99 Å². The summed E-state index contributed by atoms with van der Waals surface area (Å²) < 4.78 is 12.5. The third-order valence-electron chi connectivity index (χ3n) is 4.49. The molecule has 1 heterocycles. The van der Waals surface area contributed by atoms with E-state index in [1.807, 2.05) is 32.2 Å². The highest BCUT2D eigenvalue weighted by Gasteiger charge is 2.52. The number of rotatable bonds is 4. The lowest BCUT2D eigenvalue weighted by atomic mass is 10.00. The van der Waals surface area contributed by atoms with E-state index in [2.05, 4.69) is 22.9 Å². The predicted molar refractivity (Wildman–Crippen MR) is 92.9 cm³/mol. The average Bonchev–Trinajstić information content (AvgIpc) is 2.94. The van der Waals surface area contributed by atoms with Gasteiger partial charge in [0.25, 0.3) is 0 Å². The number of anilines is 1. The van der Waals surface area contributed by atoms with E-state index in [-0.39, 0.29) is 17.2 Å². The lowest BCUT2D eigenvalue weighted by Crippen LogP contribution is -2.26. The van der Waals surface area contributed by atoms with Crippen LogP contribution in [0.2, 0.25) is 0 Å². The number of benzene rings is 1. The van der Waals surface area contributed by atoms with E-state index in [9.17, 15) is 0 Å². The molecule has 1 saturated heterocycles. The van der Waals surface area contributed by atoms with Crippen molar-refractivity contribution < 1.29 is 9.47 Å². The van der Waals surface area contributed by atoms with E-state index in [0.29, 0.717) is 5.69 Å². The zero-order valence-corrected chi connectivity index (χ0v) is 14.9. The lowest BCUT2D eigenvalue weighted by molar-refractivity contribution is -0.00482. The van der Waals surface area contributed by atoms with Crippen LogP contribution in [0.4, 0.5) is 5.69 Å². The summed E-state index contributed by atoms with van der Waals surface area (Å²) in [7, 11) is 0. The summed E-state index contributed by atoms with van der Waals surface area (Å²) >= 11 is 3.54. The predicted octanol–water partition coefficient (Wildman–Crippen LogP) is 3.95. The van der Waals surface area contributed by atoms with Crippen molar-refractivity contribution in [3.8, 4) is 5.75 Å². The number of nitrogens with zero attached hydrogens (tertiary/aromatic N) is 1. The van der Waals surface area contributed by atoms with Crippen LogP contribution in [0.5, 0.6) is 5.75 Å². The number of hydrogen-bond donors (Lipinski definition) is 1. The molecule has 2 atom stereocenters. The quantitative estimate of drug-likeness (QED) is 0.648. The second kappa shape index (κ2) is 5.53. The van der Waals surface area contributed by atoms with Crippen molar-refractivity contribution in [1.29, 1.82) is 0 Å². The number of halogens is 1. The Kier molecular flexibility index (Phi) is 3.98. The van der Waals surface area contributed by atoms with E-state index in [0.717, 1.165) is 41.7 Å². The second-order valence-corrected chi connectivity index (χ2v) is 7.83. The second-order valence-electron chi connectivity index (χ2n) is 6.98. The zero-order valence-electron chi connectivity index (χ0n) is 13.4. The van der Waals surface area contributed by atoms with Crippen molar-refractivity contribution in [2.24, 2.45) is 4.99 Å². The standard InChI is InChI=1S/C17H23BrN2O2/c1-11(2)22-15-7-14(19)12(6-13(15)18)8-20-17-5-4-16(3,9-17)21-10-17/h6-8,11H,4-5,9-10,19H2,1-3H3. The molecule has 1 saturated carbocycles. The van der Waals surface area contributed by atoms with E-state index >= 15 is 0 Å². The van der Waals surface area contributed by atoms with Crippen LogP contribution in [-0.2, 0) is 4.74 Å². The summed E-state index contributed by atoms with van der Waals surface area (Å²) in [5, 5.41) is 0. The smallest absolute Gasteiger partial charge is 0.135 e. The van der Waals surface area contributed by atoms with E-state index < -0.39 is 0 Å². The van der Waals surface area contributed by atoms with E-state index in [1.165, 1.54) is 0 Å². The summed E-state index contributed by atoms with van der Waals surface area (Å²) in [5.74, 6) is 0.764. The van der Waals surface area contributed by atoms with E-state index in [1.54, 1.807) is 0 Å². The molecular formula is C17H23BrN2O2. The maximum absolute atomic E-state index is 6.15. The third kappa shape index (κ3) is 3.01. The Balaban J connectivity index is 1.81. The van der Waals surface area contributed by atoms with Crippen LogP contribution in [-0.4, -0.2) is 30.1 Å². The Hall–Kier alpha value is -1.07. The van der Waals surface area contributed by atoms with Gasteiger partial charge in [0, 0.05) is 30.0 Å². The molecule has 2 bridgehead atoms. The molecule has 1 aliphatic carbocycles. The van der Waals surface area contributed by atoms with Crippen LogP contribution in [0.25, 0.3) is 0 Å². The molecule has 22 heavy (non-hydrogen) atoms. The third-order valence-corrected chi connectivity index (χ3v) is 5.11. The van der Waals surface area contributed by atoms with Crippen molar-refractivity contribution >= 4 is 27.8 Å². The minimum absolute atomic E-state index is 0.0262. The molecule has 3 rings (SSSR count). The van der Waals surface area contributed by atoms with Crippen molar-refractivity contribution in [3.05, 3.63) is 22.2 Å². The van der Waals surface area contributed by atoms with Gasteiger partial charge in [-0.2, -0.15) is 0 Å². The van der Waals surface area contributed by atoms with E-state index in [4.69, 9.17) is 20.2 Å². The Labute approximate surface area is 140 Å². The fourth-order valence-corrected chi connectivity index (χ4v) is 3.77. The molecule has 2 aliphatic rings. The minimum atomic E-state index is -0.0548. The molecule has 0 radical (unpaired) electrons. The summed E-state index contributed by atoms with van der Waals surface area (Å²) in [4.78, 5) is 4.83. The first-order chi connectivity index (χ1) is 10.3. The molecule has 0 amide bonds. The van der Waals surface area contributed by atoms with Gasteiger partial charge in [-0.1, -0.05) is 0 Å². The molecular weight excluding hydrogens is 344 g/mol. The zero-order chi connectivity index (χ0) is 16.0. The monoisotopic (exact) mass is 366 g/mol. The summed E-state index contributed by atoms with van der Waals surface area (Å²) in [6, 6.07) is 3.82. The minimum Gasteiger partial charge on any atom is -0.490 e. The maximum atomic E-state index is 6.15. The van der Waals surface area contributed by atoms with Gasteiger partial charge in [0.15, 0.2) is 0 Å². The molecule has 5 heteroatoms. The van der Waals surface area contributed by atoms with Crippen molar-refractivity contribution in [3.63, 3.8) is 0 Å². The average molecular weight is 367 g/mol. The molecule has 1 aromatic carbocycles. The molecule has 1 aliphatic heterocycles. The number of aliphatic imine (C=N–C) groups is 1. The molecule has 0 aromatic heterocycles. The summed E-state index contributed by atoms with van der Waals surface area (Å²) in [5.41, 5.74) is 7.71. The molecule has 0 spiro atoms. The number of hydrogen-bond acceptors (Lipinski definition) is 4. The largest absolute Gasteiger partial charge is 0.490 e. The Morgan fingerprint density at radius 1 is 1.41 bits per heavy atom. The molecule has 2 fully saturated rings. The first kappa shape index (κ1) is 15.8. The summed E-state index contributed by atoms with van der Waals surface area (Å²) in [6.45, 7) is 6.89. The van der Waals surface area contributed by atoms with Gasteiger partial charge in [-0.05, 0) is 55.6 Å². The first-order valence-electron chi connectivity index (χ1n) is 7.76. The molecule has 2 N–H and O–H groups in total. The Bertz CT molecular complexity index is 605. The SMILES string of the molecule is CC(C)Oc1cc(N)c(C=NC23CCC(C)(C2)OC3)cc1Br. The normalized spacial score (nSPS) is 30.6. The van der Waals surface area contributed by atoms with Crippen molar-refractivity contribution in [2.75, 3.05) is 12.3 Å². The van der Waals surface area contributed by atoms with Gasteiger partial charge in [0.1, 0.15) is 5.75 Å². The van der Waals surface area contributed by atoms with Crippen molar-refractivity contribution in [2.45, 2.75) is 57.3 Å². The molecule has 4 nitrogen and oxygen atoms in total. The molecule has 2 unspecified atom stereocenters. The van der Waals surface area contributed by atoms with Gasteiger partial charge < -0.3 is 15.2 Å². The Morgan fingerprint density at radius 2 is 2.18 bits per heavy atom. The highest BCUT2D eigenvalue weighted by atomic mass is 79.9. The number of nitrogens with two attached hydrogens (primary N) is 1. The van der Waals surface area contributed by atoms with Gasteiger partial charge in [-0.15, -0.1) is 0 Å². The van der Waals surface area contributed by atoms with Crippen LogP contribution < -0.4 is 10.5 Å². The number of fused-ring (bicyclic) bond motifs is 2. The fraction of sp³-hybridized carbons (Fsp3) is 0.588. The van der Waals surface area contributed by atoms with Gasteiger partial charge >= 0.3 is 0 Å². The maximum Gasteiger partial charge on any atom is 0.135 e. The summed E-state index contributed by atoms with van der Waals surface area (Å²) in [6.07, 6.45) is 5.19. The topological polar surface area (TPSA) is 56.8 Å². The number of ether oxygens (including phenoxy) is 2. The van der Waals surface area contributed by atoms with Gasteiger partial charge in [0.05, 0.1) is 28.3 Å².